The molecule has 2 fully saturated rings. The molecule has 0 spiro atoms. The van der Waals surface area contributed by atoms with Crippen LogP contribution in [0.3, 0.4) is 0 Å². The second-order valence-corrected chi connectivity index (χ2v) is 6.15. The summed E-state index contributed by atoms with van der Waals surface area (Å²) in [5, 5.41) is 8.95. The summed E-state index contributed by atoms with van der Waals surface area (Å²) >= 11 is 0. The number of amides is 1. The van der Waals surface area contributed by atoms with Gasteiger partial charge in [0.2, 0.25) is 5.91 Å². The van der Waals surface area contributed by atoms with Crippen molar-refractivity contribution in [3.8, 4) is 0 Å². The number of hydrogen-bond donors (Lipinski definition) is 1. The van der Waals surface area contributed by atoms with Crippen LogP contribution >= 0.6 is 0 Å². The average Bonchev–Trinajstić information content (AvgIpc) is 3.31. The minimum absolute atomic E-state index is 0.0520. The molecule has 1 saturated carbocycles. The normalized spacial score (nSPS) is 28.8. The molecule has 1 N–H and O–H groups in total. The molecule has 0 aromatic heterocycles. The van der Waals surface area contributed by atoms with Gasteiger partial charge in [-0.05, 0) is 37.2 Å². The van der Waals surface area contributed by atoms with Crippen LogP contribution in [0.4, 0.5) is 0 Å². The first-order valence-corrected chi connectivity index (χ1v) is 7.73. The zero-order valence-corrected chi connectivity index (χ0v) is 12.1. The Morgan fingerprint density at radius 1 is 1.05 bits per heavy atom. The van der Waals surface area contributed by atoms with E-state index < -0.39 is 11.9 Å². The molecule has 2 aliphatic rings. The maximum absolute atomic E-state index is 12.3. The number of carboxylic acids is 1. The van der Waals surface area contributed by atoms with Gasteiger partial charge in [-0.15, -0.1) is 0 Å². The molecule has 0 radical (unpaired) electrons. The van der Waals surface area contributed by atoms with Crippen LogP contribution in [-0.2, 0) is 9.59 Å². The number of carbonyl (C=O) groups excluding carboxylic acids is 1. The van der Waals surface area contributed by atoms with Crippen molar-refractivity contribution in [1.82, 2.24) is 4.90 Å². The zero-order chi connectivity index (χ0) is 14.8. The lowest BCUT2D eigenvalue weighted by Gasteiger charge is -2.20. The molecule has 4 nitrogen and oxygen atoms in total. The van der Waals surface area contributed by atoms with Gasteiger partial charge in [-0.3, -0.25) is 9.59 Å². The van der Waals surface area contributed by atoms with Crippen molar-refractivity contribution >= 4 is 11.9 Å². The van der Waals surface area contributed by atoms with Gasteiger partial charge in [0.05, 0.1) is 11.8 Å². The number of aliphatic carboxylic acids is 1. The maximum Gasteiger partial charge on any atom is 0.307 e. The topological polar surface area (TPSA) is 57.6 Å². The zero-order valence-electron chi connectivity index (χ0n) is 12.1. The third-order valence-electron chi connectivity index (χ3n) is 4.74. The van der Waals surface area contributed by atoms with Gasteiger partial charge in [-0.25, -0.2) is 0 Å². The van der Waals surface area contributed by atoms with Gasteiger partial charge in [0.1, 0.15) is 0 Å². The minimum Gasteiger partial charge on any atom is -0.481 e. The van der Waals surface area contributed by atoms with E-state index in [0.29, 0.717) is 12.3 Å². The molecule has 0 bridgehead atoms. The fourth-order valence-corrected chi connectivity index (χ4v) is 3.35. The second kappa shape index (κ2) is 5.88. The van der Waals surface area contributed by atoms with E-state index in [1.54, 1.807) is 0 Å². The van der Waals surface area contributed by atoms with Gasteiger partial charge >= 0.3 is 5.97 Å². The van der Waals surface area contributed by atoms with E-state index in [-0.39, 0.29) is 11.8 Å². The Morgan fingerprint density at radius 3 is 2.48 bits per heavy atom. The molecule has 21 heavy (non-hydrogen) atoms. The Bertz CT molecular complexity index is 528. The van der Waals surface area contributed by atoms with Crippen LogP contribution in [-0.4, -0.2) is 35.0 Å². The molecule has 112 valence electrons. The molecule has 1 aliphatic carbocycles. The Kier molecular flexibility index (Phi) is 3.95. The number of nitrogens with zero attached hydrogens (tertiary/aromatic N) is 1. The fourth-order valence-electron chi connectivity index (χ4n) is 3.35. The highest BCUT2D eigenvalue weighted by Gasteiger charge is 2.49. The number of rotatable bonds is 3. The number of carbonyl (C=O) groups is 2. The molecule has 1 aliphatic heterocycles. The van der Waals surface area contributed by atoms with Crippen molar-refractivity contribution in [3.63, 3.8) is 0 Å². The van der Waals surface area contributed by atoms with E-state index in [0.717, 1.165) is 32.4 Å². The van der Waals surface area contributed by atoms with Crippen LogP contribution in [0.15, 0.2) is 30.3 Å². The van der Waals surface area contributed by atoms with E-state index in [2.05, 4.69) is 24.3 Å². The smallest absolute Gasteiger partial charge is 0.307 e. The third-order valence-corrected chi connectivity index (χ3v) is 4.74. The van der Waals surface area contributed by atoms with E-state index in [4.69, 9.17) is 5.11 Å². The Labute approximate surface area is 124 Å². The molecule has 3 atom stereocenters. The first kappa shape index (κ1) is 14.1. The molecule has 1 amide bonds. The first-order chi connectivity index (χ1) is 10.2. The lowest BCUT2D eigenvalue weighted by atomic mass is 9.92. The summed E-state index contributed by atoms with van der Waals surface area (Å²) in [6.45, 7) is 1.52. The first-order valence-electron chi connectivity index (χ1n) is 7.73. The van der Waals surface area contributed by atoms with Gasteiger partial charge in [0.25, 0.3) is 0 Å². The summed E-state index contributed by atoms with van der Waals surface area (Å²) in [6, 6.07) is 10.5. The largest absolute Gasteiger partial charge is 0.481 e. The summed E-state index contributed by atoms with van der Waals surface area (Å²) in [5.41, 5.74) is 1.35. The third kappa shape index (κ3) is 3.09. The van der Waals surface area contributed by atoms with Crippen molar-refractivity contribution in [3.05, 3.63) is 35.9 Å². The lowest BCUT2D eigenvalue weighted by Crippen LogP contribution is -2.34. The minimum atomic E-state index is -0.828. The Morgan fingerprint density at radius 2 is 1.81 bits per heavy atom. The second-order valence-electron chi connectivity index (χ2n) is 6.15. The quantitative estimate of drug-likeness (QED) is 0.929. The molecule has 1 aromatic carbocycles. The monoisotopic (exact) mass is 287 g/mol. The van der Waals surface area contributed by atoms with Crippen molar-refractivity contribution < 1.29 is 14.7 Å². The van der Waals surface area contributed by atoms with Gasteiger partial charge in [0.15, 0.2) is 0 Å². The van der Waals surface area contributed by atoms with Crippen molar-refractivity contribution in [2.24, 2.45) is 11.8 Å². The SMILES string of the molecule is O=C(O)C1CC1C(=O)N1CCCC(c2ccccc2)CC1. The van der Waals surface area contributed by atoms with Gasteiger partial charge in [-0.1, -0.05) is 30.3 Å². The molecule has 3 rings (SSSR count). The van der Waals surface area contributed by atoms with Crippen molar-refractivity contribution in [2.45, 2.75) is 31.6 Å². The van der Waals surface area contributed by atoms with Crippen LogP contribution < -0.4 is 0 Å². The van der Waals surface area contributed by atoms with Crippen LogP contribution in [0.1, 0.15) is 37.2 Å². The Hall–Kier alpha value is -1.84. The molecule has 4 heteroatoms. The lowest BCUT2D eigenvalue weighted by molar-refractivity contribution is -0.142. The predicted molar refractivity (Wildman–Crippen MR) is 78.8 cm³/mol. The van der Waals surface area contributed by atoms with Crippen LogP contribution in [0.25, 0.3) is 0 Å². The highest BCUT2D eigenvalue weighted by atomic mass is 16.4. The van der Waals surface area contributed by atoms with E-state index in [1.165, 1.54) is 5.56 Å². The van der Waals surface area contributed by atoms with Gasteiger partial charge in [-0.2, -0.15) is 0 Å². The summed E-state index contributed by atoms with van der Waals surface area (Å²) in [4.78, 5) is 25.1. The molecular formula is C17H21NO3. The van der Waals surface area contributed by atoms with Crippen LogP contribution in [0, 0.1) is 11.8 Å². The number of hydrogen-bond acceptors (Lipinski definition) is 2. The van der Waals surface area contributed by atoms with Gasteiger partial charge in [0, 0.05) is 13.1 Å². The summed E-state index contributed by atoms with van der Waals surface area (Å²) < 4.78 is 0. The van der Waals surface area contributed by atoms with E-state index >= 15 is 0 Å². The molecule has 1 saturated heterocycles. The average molecular weight is 287 g/mol. The standard InChI is InChI=1S/C17H21NO3/c19-16(14-11-15(14)17(20)21)18-9-4-7-13(8-10-18)12-5-2-1-3-6-12/h1-3,5-6,13-15H,4,7-11H2,(H,20,21). The van der Waals surface area contributed by atoms with Crippen molar-refractivity contribution in [2.75, 3.05) is 13.1 Å². The Balaban J connectivity index is 1.59. The molecule has 3 unspecified atom stereocenters. The fraction of sp³-hybridized carbons (Fsp3) is 0.529. The number of likely N-dealkylation sites (tertiary alicyclic amines) is 1. The summed E-state index contributed by atoms with van der Waals surface area (Å²) in [7, 11) is 0. The number of benzene rings is 1. The van der Waals surface area contributed by atoms with Crippen molar-refractivity contribution in [1.29, 1.82) is 0 Å². The van der Waals surface area contributed by atoms with Crippen LogP contribution in [0.2, 0.25) is 0 Å². The van der Waals surface area contributed by atoms with Crippen LogP contribution in [0.5, 0.6) is 0 Å². The van der Waals surface area contributed by atoms with Gasteiger partial charge < -0.3 is 10.0 Å². The summed E-state index contributed by atoms with van der Waals surface area (Å²) in [6.07, 6.45) is 3.59. The summed E-state index contributed by atoms with van der Waals surface area (Å²) in [5.74, 6) is -0.971. The molecular weight excluding hydrogens is 266 g/mol. The molecule has 1 aromatic rings. The highest BCUT2D eigenvalue weighted by molar-refractivity contribution is 5.89. The van der Waals surface area contributed by atoms with E-state index in [9.17, 15) is 9.59 Å². The van der Waals surface area contributed by atoms with E-state index in [1.807, 2.05) is 11.0 Å². The maximum atomic E-state index is 12.3. The molecule has 1 heterocycles. The predicted octanol–water partition coefficient (Wildman–Crippen LogP) is 2.50. The highest BCUT2D eigenvalue weighted by Crippen LogP contribution is 2.40. The number of carboxylic acid groups (broad SMARTS) is 1.